The van der Waals surface area contributed by atoms with E-state index < -0.39 is 6.04 Å². The maximum atomic E-state index is 11.4. The number of hydrogen-bond acceptors (Lipinski definition) is 6. The van der Waals surface area contributed by atoms with Crippen molar-refractivity contribution in [2.45, 2.75) is 44.8 Å². The van der Waals surface area contributed by atoms with Crippen molar-refractivity contribution in [1.82, 2.24) is 5.32 Å². The van der Waals surface area contributed by atoms with Crippen LogP contribution < -0.4 is 5.32 Å². The highest BCUT2D eigenvalue weighted by atomic mass is 16.6. The van der Waals surface area contributed by atoms with E-state index in [1.165, 1.54) is 0 Å². The van der Waals surface area contributed by atoms with E-state index in [0.29, 0.717) is 19.4 Å². The van der Waals surface area contributed by atoms with Gasteiger partial charge in [-0.2, -0.15) is 5.26 Å². The zero-order valence-electron chi connectivity index (χ0n) is 10.5. The zero-order chi connectivity index (χ0) is 13.4. The summed E-state index contributed by atoms with van der Waals surface area (Å²) in [4.78, 5) is 22.8. The van der Waals surface area contributed by atoms with E-state index in [0.717, 1.165) is 0 Å². The summed E-state index contributed by atoms with van der Waals surface area (Å²) < 4.78 is 10.1. The molecule has 1 N–H and O–H groups in total. The van der Waals surface area contributed by atoms with Gasteiger partial charge < -0.3 is 14.8 Å². The van der Waals surface area contributed by atoms with Gasteiger partial charge in [-0.25, -0.2) is 0 Å². The topological polar surface area (TPSA) is 88.4 Å². The molecular formula is C12H18N2O4. The van der Waals surface area contributed by atoms with E-state index in [4.69, 9.17) is 14.7 Å². The maximum absolute atomic E-state index is 11.4. The van der Waals surface area contributed by atoms with Gasteiger partial charge in [0.2, 0.25) is 0 Å². The molecule has 0 radical (unpaired) electrons. The molecule has 18 heavy (non-hydrogen) atoms. The van der Waals surface area contributed by atoms with Crippen LogP contribution in [0.2, 0.25) is 0 Å². The standard InChI is InChI=1S/C12H18N2O4/c1-9-5-7-17-11(15)3-2-10(8-13)14-6-4-12(16)18-9/h9-10,14H,2-7H2,1H3/t9?,10-/m0/s1. The van der Waals surface area contributed by atoms with Crippen molar-refractivity contribution in [2.24, 2.45) is 0 Å². The molecule has 0 bridgehead atoms. The Hall–Kier alpha value is -1.61. The molecule has 0 amide bonds. The number of carbonyl (C=O) groups is 2. The van der Waals surface area contributed by atoms with Crippen LogP contribution in [0.25, 0.3) is 0 Å². The van der Waals surface area contributed by atoms with E-state index in [9.17, 15) is 9.59 Å². The second-order valence-corrected chi connectivity index (χ2v) is 4.23. The van der Waals surface area contributed by atoms with E-state index in [2.05, 4.69) is 5.32 Å². The van der Waals surface area contributed by atoms with E-state index in [1.54, 1.807) is 6.92 Å². The fourth-order valence-electron chi connectivity index (χ4n) is 1.58. The van der Waals surface area contributed by atoms with Crippen molar-refractivity contribution in [2.75, 3.05) is 13.2 Å². The molecule has 1 fully saturated rings. The van der Waals surface area contributed by atoms with Crippen molar-refractivity contribution < 1.29 is 19.1 Å². The van der Waals surface area contributed by atoms with Gasteiger partial charge in [-0.15, -0.1) is 0 Å². The fourth-order valence-corrected chi connectivity index (χ4v) is 1.58. The minimum atomic E-state index is -0.441. The fraction of sp³-hybridized carbons (Fsp3) is 0.750. The van der Waals surface area contributed by atoms with Crippen LogP contribution >= 0.6 is 0 Å². The minimum absolute atomic E-state index is 0.203. The number of hydrogen-bond donors (Lipinski definition) is 1. The molecule has 1 rings (SSSR count). The Morgan fingerprint density at radius 2 is 2.06 bits per heavy atom. The summed E-state index contributed by atoms with van der Waals surface area (Å²) in [5, 5.41) is 11.8. The van der Waals surface area contributed by atoms with Crippen LogP contribution in [0.3, 0.4) is 0 Å². The largest absolute Gasteiger partial charge is 0.466 e. The predicted octanol–water partition coefficient (Wildman–Crippen LogP) is 0.517. The van der Waals surface area contributed by atoms with Gasteiger partial charge in [-0.3, -0.25) is 9.59 Å². The van der Waals surface area contributed by atoms with Gasteiger partial charge in [-0.05, 0) is 13.3 Å². The molecule has 0 saturated carbocycles. The first kappa shape index (κ1) is 14.5. The summed E-state index contributed by atoms with van der Waals surface area (Å²) in [6.45, 7) is 2.37. The summed E-state index contributed by atoms with van der Waals surface area (Å²) in [6.07, 6.45) is 1.04. The summed E-state index contributed by atoms with van der Waals surface area (Å²) >= 11 is 0. The first-order valence-electron chi connectivity index (χ1n) is 6.10. The molecule has 6 heteroatoms. The number of ether oxygens (including phenoxy) is 2. The van der Waals surface area contributed by atoms with Crippen LogP contribution in [0.4, 0.5) is 0 Å². The first-order valence-corrected chi connectivity index (χ1v) is 6.10. The van der Waals surface area contributed by atoms with E-state index in [-0.39, 0.29) is 37.5 Å². The SMILES string of the molecule is CC1CCOC(=O)CC[C@@H](C#N)NCCC(=O)O1. The lowest BCUT2D eigenvalue weighted by Gasteiger charge is -2.12. The van der Waals surface area contributed by atoms with Gasteiger partial charge in [0.25, 0.3) is 0 Å². The lowest BCUT2D eigenvalue weighted by Crippen LogP contribution is -2.30. The first-order chi connectivity index (χ1) is 8.61. The molecule has 1 saturated heterocycles. The number of nitriles is 1. The molecule has 6 nitrogen and oxygen atoms in total. The molecule has 1 aliphatic rings. The molecule has 1 unspecified atom stereocenters. The molecule has 100 valence electrons. The van der Waals surface area contributed by atoms with Crippen LogP contribution in [0.5, 0.6) is 0 Å². The van der Waals surface area contributed by atoms with Crippen molar-refractivity contribution in [3.63, 3.8) is 0 Å². The number of nitrogens with one attached hydrogen (secondary N) is 1. The Kier molecular flexibility index (Phi) is 6.15. The van der Waals surface area contributed by atoms with Gasteiger partial charge in [0.05, 0.1) is 25.1 Å². The summed E-state index contributed by atoms with van der Waals surface area (Å²) in [5.74, 6) is -0.632. The normalized spacial score (nSPS) is 27.8. The van der Waals surface area contributed by atoms with Crippen molar-refractivity contribution in [1.29, 1.82) is 5.26 Å². The highest BCUT2D eigenvalue weighted by Crippen LogP contribution is 2.04. The third-order valence-electron chi connectivity index (χ3n) is 2.63. The number of esters is 2. The summed E-state index contributed by atoms with van der Waals surface area (Å²) in [6, 6.07) is 1.60. The molecule has 0 aliphatic carbocycles. The van der Waals surface area contributed by atoms with E-state index in [1.807, 2.05) is 6.07 Å². The van der Waals surface area contributed by atoms with Crippen LogP contribution in [-0.4, -0.2) is 37.2 Å². The molecule has 0 aromatic heterocycles. The molecule has 0 aromatic rings. The lowest BCUT2D eigenvalue weighted by atomic mass is 10.2. The van der Waals surface area contributed by atoms with Crippen LogP contribution in [0.1, 0.15) is 32.6 Å². The number of cyclic esters (lactones) is 2. The van der Waals surface area contributed by atoms with Crippen LogP contribution in [0, 0.1) is 11.3 Å². The van der Waals surface area contributed by atoms with Crippen LogP contribution in [-0.2, 0) is 19.1 Å². The van der Waals surface area contributed by atoms with Crippen molar-refractivity contribution in [3.05, 3.63) is 0 Å². The second kappa shape index (κ2) is 7.67. The minimum Gasteiger partial charge on any atom is -0.466 e. The molecule has 1 heterocycles. The average molecular weight is 254 g/mol. The Balaban J connectivity index is 2.53. The van der Waals surface area contributed by atoms with Gasteiger partial charge in [0.1, 0.15) is 6.10 Å². The third-order valence-corrected chi connectivity index (χ3v) is 2.63. The monoisotopic (exact) mass is 254 g/mol. The van der Waals surface area contributed by atoms with Gasteiger partial charge in [0, 0.05) is 19.4 Å². The Labute approximate surface area is 106 Å². The highest BCUT2D eigenvalue weighted by molar-refractivity contribution is 5.70. The molecule has 0 aromatic carbocycles. The van der Waals surface area contributed by atoms with Crippen molar-refractivity contribution >= 4 is 11.9 Å². The molecular weight excluding hydrogens is 236 g/mol. The van der Waals surface area contributed by atoms with E-state index >= 15 is 0 Å². The Morgan fingerprint density at radius 3 is 2.78 bits per heavy atom. The molecule has 2 atom stereocenters. The number of carbonyl (C=O) groups excluding carboxylic acids is 2. The lowest BCUT2D eigenvalue weighted by molar-refractivity contribution is -0.150. The quantitative estimate of drug-likeness (QED) is 0.634. The zero-order valence-corrected chi connectivity index (χ0v) is 10.5. The average Bonchev–Trinajstić information content (AvgIpc) is 2.33. The van der Waals surface area contributed by atoms with Gasteiger partial charge >= 0.3 is 11.9 Å². The Bertz CT molecular complexity index is 337. The van der Waals surface area contributed by atoms with Crippen molar-refractivity contribution in [3.8, 4) is 6.07 Å². The third kappa shape index (κ3) is 5.64. The second-order valence-electron chi connectivity index (χ2n) is 4.23. The molecule has 1 aliphatic heterocycles. The summed E-state index contributed by atoms with van der Waals surface area (Å²) in [7, 11) is 0. The number of nitrogens with zero attached hydrogens (tertiary/aromatic N) is 1. The predicted molar refractivity (Wildman–Crippen MR) is 62.4 cm³/mol. The van der Waals surface area contributed by atoms with Gasteiger partial charge in [-0.1, -0.05) is 0 Å². The van der Waals surface area contributed by atoms with Gasteiger partial charge in [0.15, 0.2) is 0 Å². The molecule has 0 spiro atoms. The number of rotatable bonds is 0. The Morgan fingerprint density at radius 1 is 1.28 bits per heavy atom. The highest BCUT2D eigenvalue weighted by Gasteiger charge is 2.15. The summed E-state index contributed by atoms with van der Waals surface area (Å²) in [5.41, 5.74) is 0. The smallest absolute Gasteiger partial charge is 0.307 e. The maximum Gasteiger partial charge on any atom is 0.307 e. The van der Waals surface area contributed by atoms with Crippen LogP contribution in [0.15, 0.2) is 0 Å².